The number of nitrogens with zero attached hydrogens (tertiary/aromatic N) is 4. The highest BCUT2D eigenvalue weighted by atomic mass is 19.4. The number of nitrogens with one attached hydrogen (secondary N) is 2. The Morgan fingerprint density at radius 3 is 2.56 bits per heavy atom. The topological polar surface area (TPSA) is 82.6 Å². The summed E-state index contributed by atoms with van der Waals surface area (Å²) in [7, 11) is 1.57. The van der Waals surface area contributed by atoms with Crippen LogP contribution in [0.1, 0.15) is 49.1 Å². The molecule has 8 nitrogen and oxygen atoms in total. The van der Waals surface area contributed by atoms with Crippen LogP contribution in [-0.2, 0) is 29.2 Å². The van der Waals surface area contributed by atoms with E-state index in [2.05, 4.69) is 30.4 Å². The van der Waals surface area contributed by atoms with Crippen LogP contribution in [0.2, 0.25) is 0 Å². The van der Waals surface area contributed by atoms with Gasteiger partial charge in [0.15, 0.2) is 0 Å². The van der Waals surface area contributed by atoms with Gasteiger partial charge in [-0.3, -0.25) is 9.69 Å². The lowest BCUT2D eigenvalue weighted by atomic mass is 9.82. The lowest BCUT2D eigenvalue weighted by Crippen LogP contribution is -2.47. The lowest BCUT2D eigenvalue weighted by Gasteiger charge is -2.36. The van der Waals surface area contributed by atoms with E-state index in [0.29, 0.717) is 17.1 Å². The quantitative estimate of drug-likeness (QED) is 0.324. The van der Waals surface area contributed by atoms with Gasteiger partial charge in [-0.2, -0.15) is 13.2 Å². The largest absolute Gasteiger partial charge is 0.494 e. The molecule has 2 aliphatic heterocycles. The SMILES string of the molecule is COc1cc(N2CCN(CC3CC3)CC2)ccc1Nc1ncc(C(F)(F)F)c(CCc2cccc3c2C(C)(C)C(=O)N3)n1. The third-order valence-electron chi connectivity index (χ3n) is 8.78. The van der Waals surface area contributed by atoms with Gasteiger partial charge in [0.1, 0.15) is 5.75 Å². The van der Waals surface area contributed by atoms with Crippen LogP contribution in [-0.4, -0.2) is 60.6 Å². The summed E-state index contributed by atoms with van der Waals surface area (Å²) in [5.41, 5.74) is 2.17. The molecule has 0 spiro atoms. The summed E-state index contributed by atoms with van der Waals surface area (Å²) >= 11 is 0. The first-order valence-corrected chi connectivity index (χ1v) is 14.8. The number of alkyl halides is 3. The molecule has 0 radical (unpaired) electrons. The normalized spacial score (nSPS) is 18.4. The van der Waals surface area contributed by atoms with Crippen molar-refractivity contribution < 1.29 is 22.7 Å². The van der Waals surface area contributed by atoms with Gasteiger partial charge in [-0.15, -0.1) is 0 Å². The Bertz CT molecular complexity index is 1510. The van der Waals surface area contributed by atoms with E-state index < -0.39 is 17.2 Å². The number of carbonyl (C=O) groups is 1. The number of hydrogen-bond donors (Lipinski definition) is 2. The second-order valence-electron chi connectivity index (χ2n) is 12.2. The van der Waals surface area contributed by atoms with Crippen molar-refractivity contribution in [2.24, 2.45) is 5.92 Å². The minimum absolute atomic E-state index is 0.0234. The Morgan fingerprint density at radius 1 is 1.09 bits per heavy atom. The summed E-state index contributed by atoms with van der Waals surface area (Å²) in [6.45, 7) is 8.74. The molecule has 2 aromatic carbocycles. The maximum absolute atomic E-state index is 14.0. The molecular weight excluding hydrogens is 557 g/mol. The highest BCUT2D eigenvalue weighted by molar-refractivity contribution is 6.06. The van der Waals surface area contributed by atoms with Gasteiger partial charge in [-0.25, -0.2) is 9.97 Å². The summed E-state index contributed by atoms with van der Waals surface area (Å²) in [6, 6.07) is 11.2. The number of fused-ring (bicyclic) bond motifs is 1. The van der Waals surface area contributed by atoms with Crippen molar-refractivity contribution in [3.63, 3.8) is 0 Å². The summed E-state index contributed by atoms with van der Waals surface area (Å²) in [4.78, 5) is 25.7. The predicted molar refractivity (Wildman–Crippen MR) is 160 cm³/mol. The molecule has 1 aliphatic carbocycles. The molecule has 43 heavy (non-hydrogen) atoms. The molecule has 0 atom stereocenters. The zero-order chi connectivity index (χ0) is 30.4. The molecule has 11 heteroatoms. The molecule has 2 fully saturated rings. The number of carbonyl (C=O) groups excluding carboxylic acids is 1. The number of aromatic nitrogens is 2. The third kappa shape index (κ3) is 6.13. The zero-order valence-electron chi connectivity index (χ0n) is 24.7. The van der Waals surface area contributed by atoms with E-state index in [1.807, 2.05) is 44.2 Å². The minimum Gasteiger partial charge on any atom is -0.494 e. The number of hydrogen-bond acceptors (Lipinski definition) is 7. The number of rotatable bonds is 9. The number of piperazine rings is 1. The summed E-state index contributed by atoms with van der Waals surface area (Å²) < 4.78 is 47.6. The first kappa shape index (κ1) is 29.2. The predicted octanol–water partition coefficient (Wildman–Crippen LogP) is 5.79. The summed E-state index contributed by atoms with van der Waals surface area (Å²) in [6.07, 6.45) is -0.767. The maximum atomic E-state index is 14.0. The average molecular weight is 595 g/mol. The van der Waals surface area contributed by atoms with E-state index in [1.165, 1.54) is 19.4 Å². The molecule has 3 aromatic rings. The van der Waals surface area contributed by atoms with E-state index in [-0.39, 0.29) is 30.4 Å². The fourth-order valence-corrected chi connectivity index (χ4v) is 6.16. The summed E-state index contributed by atoms with van der Waals surface area (Å²) in [5, 5.41) is 5.94. The van der Waals surface area contributed by atoms with Gasteiger partial charge < -0.3 is 20.3 Å². The number of ether oxygens (including phenoxy) is 1. The van der Waals surface area contributed by atoms with E-state index >= 15 is 0 Å². The Balaban J connectivity index is 1.20. The van der Waals surface area contributed by atoms with Crippen LogP contribution in [0, 0.1) is 5.92 Å². The molecule has 228 valence electrons. The van der Waals surface area contributed by atoms with Crippen LogP contribution in [0.5, 0.6) is 5.75 Å². The van der Waals surface area contributed by atoms with Crippen molar-refractivity contribution in [2.75, 3.05) is 55.4 Å². The van der Waals surface area contributed by atoms with Crippen molar-refractivity contribution in [1.29, 1.82) is 0 Å². The average Bonchev–Trinajstić information content (AvgIpc) is 3.76. The zero-order valence-corrected chi connectivity index (χ0v) is 24.7. The van der Waals surface area contributed by atoms with E-state index in [4.69, 9.17) is 4.74 Å². The second-order valence-corrected chi connectivity index (χ2v) is 12.2. The van der Waals surface area contributed by atoms with E-state index in [1.54, 1.807) is 13.2 Å². The first-order valence-electron chi connectivity index (χ1n) is 14.8. The van der Waals surface area contributed by atoms with Crippen molar-refractivity contribution in [2.45, 2.75) is 51.1 Å². The van der Waals surface area contributed by atoms with Crippen molar-refractivity contribution in [1.82, 2.24) is 14.9 Å². The van der Waals surface area contributed by atoms with E-state index in [0.717, 1.165) is 55.1 Å². The van der Waals surface area contributed by atoms with Crippen LogP contribution in [0.25, 0.3) is 0 Å². The molecule has 0 unspecified atom stereocenters. The van der Waals surface area contributed by atoms with E-state index in [9.17, 15) is 18.0 Å². The van der Waals surface area contributed by atoms with Gasteiger partial charge in [-0.1, -0.05) is 12.1 Å². The monoisotopic (exact) mass is 594 g/mol. The van der Waals surface area contributed by atoms with Crippen molar-refractivity contribution in [3.05, 3.63) is 65.0 Å². The number of benzene rings is 2. The molecule has 6 rings (SSSR count). The first-order chi connectivity index (χ1) is 20.5. The molecule has 1 saturated heterocycles. The second kappa shape index (κ2) is 11.3. The third-order valence-corrected chi connectivity index (χ3v) is 8.78. The van der Waals surface area contributed by atoms with Crippen LogP contribution in [0.4, 0.5) is 36.2 Å². The summed E-state index contributed by atoms with van der Waals surface area (Å²) in [5.74, 6) is 1.36. The lowest BCUT2D eigenvalue weighted by molar-refractivity contribution is -0.138. The minimum atomic E-state index is -4.61. The van der Waals surface area contributed by atoms with Gasteiger partial charge in [0.05, 0.1) is 29.5 Å². The van der Waals surface area contributed by atoms with Crippen LogP contribution in [0.15, 0.2) is 42.6 Å². The highest BCUT2D eigenvalue weighted by Gasteiger charge is 2.40. The van der Waals surface area contributed by atoms with Crippen LogP contribution in [0.3, 0.4) is 0 Å². The standard InChI is InChI=1S/C32H37F3N6O2/c1-31(2)28-21(5-4-6-26(28)37-29(31)42)9-11-24-23(32(33,34)35)18-36-30(38-24)39-25-12-10-22(17-27(25)43-3)41-15-13-40(14-16-41)19-20-7-8-20/h4-6,10,12,17-18,20H,7-9,11,13-16,19H2,1-3H3,(H,37,42)(H,36,38,39). The molecule has 2 N–H and O–H groups in total. The maximum Gasteiger partial charge on any atom is 0.419 e. The smallest absolute Gasteiger partial charge is 0.419 e. The number of halogens is 3. The molecule has 0 bridgehead atoms. The Kier molecular flexibility index (Phi) is 7.70. The number of aryl methyl sites for hydroxylation is 2. The fourth-order valence-electron chi connectivity index (χ4n) is 6.16. The van der Waals surface area contributed by atoms with Crippen molar-refractivity contribution in [3.8, 4) is 5.75 Å². The number of amides is 1. The highest BCUT2D eigenvalue weighted by Crippen LogP contribution is 2.41. The van der Waals surface area contributed by atoms with Gasteiger partial charge in [-0.05, 0) is 74.8 Å². The Hall–Kier alpha value is -3.86. The van der Waals surface area contributed by atoms with Crippen molar-refractivity contribution >= 4 is 28.9 Å². The molecule has 3 heterocycles. The van der Waals surface area contributed by atoms with Gasteiger partial charge in [0.25, 0.3) is 0 Å². The van der Waals surface area contributed by atoms with Crippen LogP contribution < -0.4 is 20.3 Å². The van der Waals surface area contributed by atoms with Gasteiger partial charge in [0, 0.05) is 56.4 Å². The molecule has 1 aromatic heterocycles. The molecule has 3 aliphatic rings. The molecule has 1 saturated carbocycles. The van der Waals surface area contributed by atoms with Gasteiger partial charge >= 0.3 is 6.18 Å². The number of methoxy groups -OCH3 is 1. The fraction of sp³-hybridized carbons (Fsp3) is 0.469. The van der Waals surface area contributed by atoms with Gasteiger partial charge in [0.2, 0.25) is 11.9 Å². The van der Waals surface area contributed by atoms with Crippen LogP contribution >= 0.6 is 0 Å². The Labute approximate surface area is 249 Å². The molecule has 1 amide bonds. The molecular formula is C32H37F3N6O2. The number of anilines is 4. The Morgan fingerprint density at radius 2 is 1.86 bits per heavy atom.